The third-order valence-corrected chi connectivity index (χ3v) is 15.2. The van der Waals surface area contributed by atoms with Gasteiger partial charge in [0.05, 0.1) is 11.0 Å². The highest BCUT2D eigenvalue weighted by Crippen LogP contribution is 2.56. The predicted molar refractivity (Wildman–Crippen MR) is 300 cm³/mol. The standard InChI is InChI=1S/C70H51N/c1-47(62-46-55-30-14-15-31-57(55)58-32-16-17-33-59(58)62)48-38-40-53(41-39-48)69-65(49-22-6-2-7-23-49)67(51-26-10-4-11-27-51)70(68(52-28-12-5-13-29-52)66(69)50-24-8-3-9-25-50)54-42-44-56(45-43-54)71-63-36-20-18-34-60(63)61-35-19-21-37-64(61)71/h2-45,47,62H,46H2,1H3/t47-,62?/m1/s1. The van der Waals surface area contributed by atoms with E-state index < -0.39 is 0 Å². The Labute approximate surface area is 416 Å². The summed E-state index contributed by atoms with van der Waals surface area (Å²) in [5, 5.41) is 2.51. The molecule has 13 rings (SSSR count). The van der Waals surface area contributed by atoms with Crippen molar-refractivity contribution in [2.24, 2.45) is 0 Å². The molecule has 0 saturated heterocycles. The summed E-state index contributed by atoms with van der Waals surface area (Å²) in [4.78, 5) is 0. The fourth-order valence-corrected chi connectivity index (χ4v) is 11.9. The number of fused-ring (bicyclic) bond motifs is 6. The fourth-order valence-electron chi connectivity index (χ4n) is 11.9. The Morgan fingerprint density at radius 3 is 1.14 bits per heavy atom. The third-order valence-electron chi connectivity index (χ3n) is 15.2. The Bertz CT molecular complexity index is 3710. The van der Waals surface area contributed by atoms with Crippen molar-refractivity contribution >= 4 is 21.8 Å². The number of para-hydroxylation sites is 2. The molecule has 2 atom stereocenters. The Morgan fingerprint density at radius 1 is 0.324 bits per heavy atom. The highest BCUT2D eigenvalue weighted by Gasteiger charge is 2.31. The maximum atomic E-state index is 2.43. The first kappa shape index (κ1) is 42.3. The molecule has 1 heterocycles. The van der Waals surface area contributed by atoms with Crippen LogP contribution in [-0.4, -0.2) is 4.57 Å². The van der Waals surface area contributed by atoms with Crippen LogP contribution in [0.25, 0.3) is 105 Å². The molecule has 71 heavy (non-hydrogen) atoms. The lowest BCUT2D eigenvalue weighted by molar-refractivity contribution is 0.568. The zero-order valence-corrected chi connectivity index (χ0v) is 39.7. The molecule has 0 N–H and O–H groups in total. The number of nitrogens with zero attached hydrogens (tertiary/aromatic N) is 1. The first-order chi connectivity index (χ1) is 35.2. The summed E-state index contributed by atoms with van der Waals surface area (Å²) in [7, 11) is 0. The summed E-state index contributed by atoms with van der Waals surface area (Å²) in [5.74, 6) is 0.662. The van der Waals surface area contributed by atoms with Crippen LogP contribution in [0.15, 0.2) is 267 Å². The number of hydrogen-bond donors (Lipinski definition) is 0. The molecule has 1 aliphatic rings. The summed E-state index contributed by atoms with van der Waals surface area (Å²) in [6.45, 7) is 2.43. The highest BCUT2D eigenvalue weighted by molar-refractivity contribution is 6.15. The van der Waals surface area contributed by atoms with E-state index >= 15 is 0 Å². The summed E-state index contributed by atoms with van der Waals surface area (Å²) < 4.78 is 2.41. The molecule has 0 aliphatic heterocycles. The van der Waals surface area contributed by atoms with Crippen LogP contribution in [0.2, 0.25) is 0 Å². The van der Waals surface area contributed by atoms with Crippen molar-refractivity contribution in [3.05, 3.63) is 284 Å². The van der Waals surface area contributed by atoms with Gasteiger partial charge in [0.2, 0.25) is 0 Å². The van der Waals surface area contributed by atoms with Gasteiger partial charge in [-0.15, -0.1) is 0 Å². The van der Waals surface area contributed by atoms with E-state index in [2.05, 4.69) is 278 Å². The molecule has 0 saturated carbocycles. The van der Waals surface area contributed by atoms with E-state index in [0.717, 1.165) is 17.7 Å². The van der Waals surface area contributed by atoms with Crippen molar-refractivity contribution in [3.8, 4) is 83.6 Å². The minimum absolute atomic E-state index is 0.299. The molecular formula is C70H51N. The molecule has 0 bridgehead atoms. The van der Waals surface area contributed by atoms with Crippen LogP contribution in [0.1, 0.15) is 35.4 Å². The molecule has 1 heteroatoms. The van der Waals surface area contributed by atoms with Crippen LogP contribution in [0.3, 0.4) is 0 Å². The van der Waals surface area contributed by atoms with Gasteiger partial charge in [0, 0.05) is 16.5 Å². The molecule has 0 fully saturated rings. The zero-order chi connectivity index (χ0) is 47.3. The maximum Gasteiger partial charge on any atom is 0.0541 e. The monoisotopic (exact) mass is 905 g/mol. The van der Waals surface area contributed by atoms with Crippen LogP contribution in [-0.2, 0) is 6.42 Å². The van der Waals surface area contributed by atoms with E-state index in [4.69, 9.17) is 0 Å². The largest absolute Gasteiger partial charge is 0.309 e. The van der Waals surface area contributed by atoms with Gasteiger partial charge in [-0.25, -0.2) is 0 Å². The molecule has 11 aromatic carbocycles. The lowest BCUT2D eigenvalue weighted by Gasteiger charge is -2.32. The number of aromatic nitrogens is 1. The van der Waals surface area contributed by atoms with Gasteiger partial charge < -0.3 is 4.57 Å². The summed E-state index contributed by atoms with van der Waals surface area (Å²) in [6, 6.07) is 99.0. The molecule has 1 aliphatic carbocycles. The molecule has 0 radical (unpaired) electrons. The van der Waals surface area contributed by atoms with Gasteiger partial charge in [-0.1, -0.05) is 250 Å². The second-order valence-electron chi connectivity index (χ2n) is 19.1. The van der Waals surface area contributed by atoms with Gasteiger partial charge in [0.1, 0.15) is 0 Å². The van der Waals surface area contributed by atoms with Gasteiger partial charge in [0.15, 0.2) is 0 Å². The van der Waals surface area contributed by atoms with Crippen LogP contribution < -0.4 is 0 Å². The average molecular weight is 906 g/mol. The first-order valence-electron chi connectivity index (χ1n) is 25.0. The quantitative estimate of drug-likeness (QED) is 0.136. The topological polar surface area (TPSA) is 4.93 Å². The second-order valence-corrected chi connectivity index (χ2v) is 19.1. The minimum atomic E-state index is 0.299. The highest BCUT2D eigenvalue weighted by atomic mass is 15.0. The molecule has 336 valence electrons. The van der Waals surface area contributed by atoms with E-state index in [1.165, 1.54) is 111 Å². The lowest BCUT2D eigenvalue weighted by Crippen LogP contribution is -2.17. The van der Waals surface area contributed by atoms with Crippen molar-refractivity contribution in [2.45, 2.75) is 25.2 Å². The van der Waals surface area contributed by atoms with Crippen molar-refractivity contribution < 1.29 is 0 Å². The van der Waals surface area contributed by atoms with Crippen molar-refractivity contribution in [3.63, 3.8) is 0 Å². The predicted octanol–water partition coefficient (Wildman–Crippen LogP) is 18.9. The maximum absolute atomic E-state index is 2.43. The van der Waals surface area contributed by atoms with Crippen molar-refractivity contribution in [1.82, 2.24) is 4.57 Å². The summed E-state index contributed by atoms with van der Waals surface area (Å²) >= 11 is 0. The molecule has 12 aromatic rings. The minimum Gasteiger partial charge on any atom is -0.309 e. The van der Waals surface area contributed by atoms with Crippen LogP contribution in [0.5, 0.6) is 0 Å². The number of hydrogen-bond acceptors (Lipinski definition) is 0. The normalized spacial score (nSPS) is 13.5. The van der Waals surface area contributed by atoms with Gasteiger partial charge in [-0.05, 0) is 137 Å². The fraction of sp³-hybridized carbons (Fsp3) is 0.0571. The molecule has 1 aromatic heterocycles. The number of benzene rings is 11. The SMILES string of the molecule is C[C@H](c1ccc(-c2c(-c3ccccc3)c(-c3ccccc3)c(-c3ccc(-n4c5ccccc5c5ccccc54)cc3)c(-c3ccccc3)c2-c2ccccc2)cc1)C1Cc2ccccc2-c2ccccc21. The van der Waals surface area contributed by atoms with Gasteiger partial charge in [-0.2, -0.15) is 0 Å². The van der Waals surface area contributed by atoms with Gasteiger partial charge in [0.25, 0.3) is 0 Å². The van der Waals surface area contributed by atoms with E-state index in [1.54, 1.807) is 0 Å². The first-order valence-corrected chi connectivity index (χ1v) is 25.0. The van der Waals surface area contributed by atoms with E-state index in [-0.39, 0.29) is 0 Å². The smallest absolute Gasteiger partial charge is 0.0541 e. The molecular weight excluding hydrogens is 855 g/mol. The summed E-state index contributed by atoms with van der Waals surface area (Å²) in [5.41, 5.74) is 24.8. The van der Waals surface area contributed by atoms with Gasteiger partial charge in [-0.3, -0.25) is 0 Å². The van der Waals surface area contributed by atoms with E-state index in [1.807, 2.05) is 0 Å². The van der Waals surface area contributed by atoms with Crippen LogP contribution in [0.4, 0.5) is 0 Å². The molecule has 1 unspecified atom stereocenters. The van der Waals surface area contributed by atoms with Crippen LogP contribution >= 0.6 is 0 Å². The number of rotatable bonds is 9. The molecule has 0 amide bonds. The van der Waals surface area contributed by atoms with Crippen molar-refractivity contribution in [2.75, 3.05) is 0 Å². The molecule has 0 spiro atoms. The zero-order valence-electron chi connectivity index (χ0n) is 39.7. The van der Waals surface area contributed by atoms with Crippen LogP contribution in [0, 0.1) is 0 Å². The lowest BCUT2D eigenvalue weighted by atomic mass is 9.71. The van der Waals surface area contributed by atoms with Gasteiger partial charge >= 0.3 is 0 Å². The van der Waals surface area contributed by atoms with Crippen molar-refractivity contribution in [1.29, 1.82) is 0 Å². The summed E-state index contributed by atoms with van der Waals surface area (Å²) in [6.07, 6.45) is 1.02. The Hall–Kier alpha value is -8.78. The van der Waals surface area contributed by atoms with E-state index in [0.29, 0.717) is 11.8 Å². The second kappa shape index (κ2) is 17.9. The van der Waals surface area contributed by atoms with E-state index in [9.17, 15) is 0 Å². The Kier molecular flexibility index (Phi) is 10.7. The average Bonchev–Trinajstić information content (AvgIpc) is 3.79. The Balaban J connectivity index is 1.08. The molecule has 1 nitrogen and oxygen atoms in total. The third kappa shape index (κ3) is 7.32. The Morgan fingerprint density at radius 2 is 0.676 bits per heavy atom.